The molecule has 2 heteroatoms. The molecule has 3 rings (SSSR count). The van der Waals surface area contributed by atoms with Crippen molar-refractivity contribution < 1.29 is 0 Å². The summed E-state index contributed by atoms with van der Waals surface area (Å²) in [5.74, 6) is 0. The Balaban J connectivity index is 2.02. The van der Waals surface area contributed by atoms with Crippen LogP contribution < -0.4 is 0 Å². The van der Waals surface area contributed by atoms with Gasteiger partial charge in [-0.15, -0.1) is 11.8 Å². The summed E-state index contributed by atoms with van der Waals surface area (Å²) in [5.41, 5.74) is 2.53. The summed E-state index contributed by atoms with van der Waals surface area (Å²) in [6.07, 6.45) is 1.00. The fourth-order valence-corrected chi connectivity index (χ4v) is 3.13. The van der Waals surface area contributed by atoms with E-state index in [1.54, 1.807) is 0 Å². The second-order valence-electron chi connectivity index (χ2n) is 4.68. The minimum atomic E-state index is 0.609. The highest BCUT2D eigenvalue weighted by molar-refractivity contribution is 8.14. The van der Waals surface area contributed by atoms with Gasteiger partial charge in [0.05, 0.1) is 10.7 Å². The lowest BCUT2D eigenvalue weighted by molar-refractivity contribution is 1.12. The van der Waals surface area contributed by atoms with Gasteiger partial charge in [-0.05, 0) is 28.5 Å². The van der Waals surface area contributed by atoms with Crippen LogP contribution in [-0.2, 0) is 6.42 Å². The van der Waals surface area contributed by atoms with Crippen molar-refractivity contribution in [2.75, 3.05) is 0 Å². The fourth-order valence-electron chi connectivity index (χ4n) is 2.20. The summed E-state index contributed by atoms with van der Waals surface area (Å²) in [6, 6.07) is 13.0. The molecule has 0 atom stereocenters. The highest BCUT2D eigenvalue weighted by Gasteiger charge is 2.16. The summed E-state index contributed by atoms with van der Waals surface area (Å²) in [5, 5.41) is 4.46. The van der Waals surface area contributed by atoms with E-state index in [9.17, 15) is 0 Å². The Morgan fingerprint density at radius 3 is 2.53 bits per heavy atom. The van der Waals surface area contributed by atoms with E-state index in [1.807, 2.05) is 11.8 Å². The van der Waals surface area contributed by atoms with E-state index in [-0.39, 0.29) is 0 Å². The van der Waals surface area contributed by atoms with Crippen molar-refractivity contribution in [2.24, 2.45) is 4.99 Å². The molecule has 0 saturated carbocycles. The van der Waals surface area contributed by atoms with Crippen LogP contribution in [0.4, 0.5) is 5.69 Å². The van der Waals surface area contributed by atoms with Crippen LogP contribution in [0.25, 0.3) is 10.8 Å². The first-order valence-corrected chi connectivity index (χ1v) is 6.86. The smallest absolute Gasteiger partial charge is 0.0785 e. The van der Waals surface area contributed by atoms with Crippen molar-refractivity contribution in [3.05, 3.63) is 42.0 Å². The standard InChI is InChI=1S/C15H15NS/c1-10(2)17-15-9-13-7-11-5-3-4-6-12(11)8-14(13)16-15/h3-8,10H,9H2,1-2H3. The molecule has 0 aromatic heterocycles. The van der Waals surface area contributed by atoms with E-state index in [2.05, 4.69) is 50.2 Å². The quantitative estimate of drug-likeness (QED) is 0.712. The number of rotatable bonds is 1. The minimum Gasteiger partial charge on any atom is -0.246 e. The maximum Gasteiger partial charge on any atom is 0.0785 e. The normalized spacial score (nSPS) is 14.2. The van der Waals surface area contributed by atoms with Gasteiger partial charge in [-0.2, -0.15) is 0 Å². The molecular weight excluding hydrogens is 226 g/mol. The number of hydrogen-bond acceptors (Lipinski definition) is 2. The van der Waals surface area contributed by atoms with Gasteiger partial charge < -0.3 is 0 Å². The second kappa shape index (κ2) is 4.19. The maximum absolute atomic E-state index is 4.72. The zero-order chi connectivity index (χ0) is 11.8. The number of nitrogens with zero attached hydrogens (tertiary/aromatic N) is 1. The van der Waals surface area contributed by atoms with Gasteiger partial charge in [0.2, 0.25) is 0 Å². The van der Waals surface area contributed by atoms with Crippen LogP contribution in [0.5, 0.6) is 0 Å². The second-order valence-corrected chi connectivity index (χ2v) is 6.33. The highest BCUT2D eigenvalue weighted by Crippen LogP contribution is 2.34. The molecule has 0 radical (unpaired) electrons. The molecule has 2 aromatic carbocycles. The van der Waals surface area contributed by atoms with E-state index in [4.69, 9.17) is 4.99 Å². The molecule has 1 aliphatic rings. The number of hydrogen-bond donors (Lipinski definition) is 0. The largest absolute Gasteiger partial charge is 0.246 e. The van der Waals surface area contributed by atoms with Gasteiger partial charge in [0, 0.05) is 11.7 Å². The van der Waals surface area contributed by atoms with Crippen molar-refractivity contribution in [2.45, 2.75) is 25.5 Å². The third-order valence-electron chi connectivity index (χ3n) is 2.91. The Labute approximate surface area is 106 Å². The van der Waals surface area contributed by atoms with Crippen LogP contribution in [-0.4, -0.2) is 10.3 Å². The SMILES string of the molecule is CC(C)SC1=Nc2cc3ccccc3cc2C1. The molecule has 17 heavy (non-hydrogen) atoms. The summed E-state index contributed by atoms with van der Waals surface area (Å²) in [4.78, 5) is 4.72. The molecule has 86 valence electrons. The van der Waals surface area contributed by atoms with Crippen molar-refractivity contribution in [3.63, 3.8) is 0 Å². The lowest BCUT2D eigenvalue weighted by Crippen LogP contribution is -1.97. The fraction of sp³-hybridized carbons (Fsp3) is 0.267. The Bertz CT molecular complexity index is 599. The number of thioether (sulfide) groups is 1. The molecule has 2 aromatic rings. The van der Waals surface area contributed by atoms with Crippen molar-refractivity contribution in [3.8, 4) is 0 Å². The maximum atomic E-state index is 4.72. The van der Waals surface area contributed by atoms with E-state index in [0.717, 1.165) is 12.1 Å². The summed E-state index contributed by atoms with van der Waals surface area (Å²) < 4.78 is 0. The monoisotopic (exact) mass is 241 g/mol. The van der Waals surface area contributed by atoms with Crippen molar-refractivity contribution >= 4 is 33.3 Å². The number of fused-ring (bicyclic) bond motifs is 2. The molecule has 0 bridgehead atoms. The van der Waals surface area contributed by atoms with Gasteiger partial charge >= 0.3 is 0 Å². The molecule has 0 fully saturated rings. The molecular formula is C15H15NS. The van der Waals surface area contributed by atoms with E-state index < -0.39 is 0 Å². The first-order chi connectivity index (χ1) is 8.22. The van der Waals surface area contributed by atoms with Crippen LogP contribution >= 0.6 is 11.8 Å². The lowest BCUT2D eigenvalue weighted by Gasteiger charge is -2.02. The lowest BCUT2D eigenvalue weighted by atomic mass is 10.0. The zero-order valence-corrected chi connectivity index (χ0v) is 10.9. The van der Waals surface area contributed by atoms with Crippen LogP contribution in [0.15, 0.2) is 41.4 Å². The molecule has 1 heterocycles. The predicted molar refractivity (Wildman–Crippen MR) is 77.5 cm³/mol. The Kier molecular flexibility index (Phi) is 2.67. The minimum absolute atomic E-state index is 0.609. The van der Waals surface area contributed by atoms with E-state index in [0.29, 0.717) is 5.25 Å². The first-order valence-electron chi connectivity index (χ1n) is 5.98. The Morgan fingerprint density at radius 1 is 1.12 bits per heavy atom. The Hall–Kier alpha value is -1.28. The van der Waals surface area contributed by atoms with Gasteiger partial charge in [-0.1, -0.05) is 38.1 Å². The summed E-state index contributed by atoms with van der Waals surface area (Å²) >= 11 is 1.88. The molecule has 0 unspecified atom stereocenters. The van der Waals surface area contributed by atoms with Crippen LogP contribution in [0.1, 0.15) is 19.4 Å². The molecule has 1 nitrogen and oxygen atoms in total. The first kappa shape index (κ1) is 10.8. The third kappa shape index (κ3) is 2.09. The third-order valence-corrected chi connectivity index (χ3v) is 3.88. The van der Waals surface area contributed by atoms with E-state index >= 15 is 0 Å². The predicted octanol–water partition coefficient (Wildman–Crippen LogP) is 4.57. The van der Waals surface area contributed by atoms with Gasteiger partial charge in [0.15, 0.2) is 0 Å². The van der Waals surface area contributed by atoms with Gasteiger partial charge in [-0.3, -0.25) is 0 Å². The van der Waals surface area contributed by atoms with Crippen LogP contribution in [0.3, 0.4) is 0 Å². The van der Waals surface area contributed by atoms with Crippen molar-refractivity contribution in [1.82, 2.24) is 0 Å². The average molecular weight is 241 g/mol. The number of benzene rings is 2. The molecule has 0 amide bonds. The van der Waals surface area contributed by atoms with Crippen LogP contribution in [0.2, 0.25) is 0 Å². The molecule has 0 N–H and O–H groups in total. The van der Waals surface area contributed by atoms with Gasteiger partial charge in [0.25, 0.3) is 0 Å². The molecule has 1 aliphatic heterocycles. The van der Waals surface area contributed by atoms with Crippen LogP contribution in [0, 0.1) is 0 Å². The zero-order valence-electron chi connectivity index (χ0n) is 10.1. The number of aliphatic imine (C=N–C) groups is 1. The highest BCUT2D eigenvalue weighted by atomic mass is 32.2. The molecule has 0 aliphatic carbocycles. The topological polar surface area (TPSA) is 12.4 Å². The summed E-state index contributed by atoms with van der Waals surface area (Å²) in [7, 11) is 0. The Morgan fingerprint density at radius 2 is 1.82 bits per heavy atom. The summed E-state index contributed by atoms with van der Waals surface area (Å²) in [6.45, 7) is 4.43. The van der Waals surface area contributed by atoms with Gasteiger partial charge in [-0.25, -0.2) is 4.99 Å². The van der Waals surface area contributed by atoms with E-state index in [1.165, 1.54) is 21.4 Å². The molecule has 0 saturated heterocycles. The average Bonchev–Trinajstić information content (AvgIpc) is 2.65. The molecule has 0 spiro atoms. The van der Waals surface area contributed by atoms with Crippen molar-refractivity contribution in [1.29, 1.82) is 0 Å². The van der Waals surface area contributed by atoms with Gasteiger partial charge in [0.1, 0.15) is 0 Å².